The van der Waals surface area contributed by atoms with E-state index in [1.807, 2.05) is 13.2 Å². The number of nitrogens with one attached hydrogen (secondary N) is 1. The molecule has 0 radical (unpaired) electrons. The first-order valence-corrected chi connectivity index (χ1v) is 6.23. The molecule has 0 amide bonds. The third-order valence-electron chi connectivity index (χ3n) is 2.61. The number of H-pyrrole nitrogens is 1. The fourth-order valence-electron chi connectivity index (χ4n) is 1.75. The van der Waals surface area contributed by atoms with Gasteiger partial charge in [-0.1, -0.05) is 0 Å². The molecular formula is C9H10BrN5S. The molecule has 0 aliphatic heterocycles. The molecule has 0 spiro atoms. The average molecular weight is 300 g/mol. The molecule has 1 N–H and O–H groups in total. The highest BCUT2D eigenvalue weighted by Gasteiger charge is 2.29. The molecule has 0 bridgehead atoms. The highest BCUT2D eigenvalue weighted by Crippen LogP contribution is 2.38. The van der Waals surface area contributed by atoms with Crippen molar-refractivity contribution in [3.8, 4) is 11.5 Å². The maximum absolute atomic E-state index is 5.23. The lowest BCUT2D eigenvalue weighted by atomic mass is 10.4. The molecule has 1 saturated carbocycles. The van der Waals surface area contributed by atoms with Crippen molar-refractivity contribution in [2.45, 2.75) is 18.9 Å². The summed E-state index contributed by atoms with van der Waals surface area (Å²) >= 11 is 8.72. The van der Waals surface area contributed by atoms with Gasteiger partial charge in [0.15, 0.2) is 10.6 Å². The molecule has 0 saturated heterocycles. The number of aromatic nitrogens is 5. The highest BCUT2D eigenvalue weighted by atomic mass is 79.9. The van der Waals surface area contributed by atoms with Crippen LogP contribution in [0.2, 0.25) is 0 Å². The van der Waals surface area contributed by atoms with Gasteiger partial charge in [-0.15, -0.1) is 0 Å². The third-order valence-corrected chi connectivity index (χ3v) is 3.48. The smallest absolute Gasteiger partial charge is 0.195 e. The van der Waals surface area contributed by atoms with Crippen LogP contribution in [0.4, 0.5) is 0 Å². The lowest BCUT2D eigenvalue weighted by Gasteiger charge is -2.01. The Morgan fingerprint density at radius 3 is 2.88 bits per heavy atom. The van der Waals surface area contributed by atoms with Crippen LogP contribution >= 0.6 is 28.1 Å². The van der Waals surface area contributed by atoms with Gasteiger partial charge in [-0.3, -0.25) is 14.3 Å². The van der Waals surface area contributed by atoms with Crippen molar-refractivity contribution in [2.75, 3.05) is 0 Å². The van der Waals surface area contributed by atoms with Crippen LogP contribution in [0.15, 0.2) is 10.7 Å². The summed E-state index contributed by atoms with van der Waals surface area (Å²) < 4.78 is 5.43. The van der Waals surface area contributed by atoms with Gasteiger partial charge < -0.3 is 0 Å². The predicted octanol–water partition coefficient (Wildman–Crippen LogP) is 2.44. The zero-order valence-electron chi connectivity index (χ0n) is 8.64. The molecule has 1 fully saturated rings. The van der Waals surface area contributed by atoms with Gasteiger partial charge >= 0.3 is 0 Å². The van der Waals surface area contributed by atoms with E-state index < -0.39 is 0 Å². The quantitative estimate of drug-likeness (QED) is 0.867. The van der Waals surface area contributed by atoms with E-state index in [1.54, 1.807) is 4.68 Å². The van der Waals surface area contributed by atoms with Crippen LogP contribution < -0.4 is 0 Å². The lowest BCUT2D eigenvalue weighted by Crippen LogP contribution is -1.99. The Morgan fingerprint density at radius 1 is 1.56 bits per heavy atom. The Kier molecular flexibility index (Phi) is 2.25. The average Bonchev–Trinajstić information content (AvgIpc) is 2.91. The van der Waals surface area contributed by atoms with E-state index in [0.717, 1.165) is 16.0 Å². The lowest BCUT2D eigenvalue weighted by molar-refractivity contribution is 0.723. The van der Waals surface area contributed by atoms with Crippen LogP contribution in [0.25, 0.3) is 11.5 Å². The van der Waals surface area contributed by atoms with E-state index in [9.17, 15) is 0 Å². The van der Waals surface area contributed by atoms with Crippen molar-refractivity contribution in [2.24, 2.45) is 7.05 Å². The molecular weight excluding hydrogens is 290 g/mol. The van der Waals surface area contributed by atoms with Gasteiger partial charge in [-0.05, 0) is 41.0 Å². The number of hydrogen-bond acceptors (Lipinski definition) is 3. The number of nitrogens with zero attached hydrogens (tertiary/aromatic N) is 4. The summed E-state index contributed by atoms with van der Waals surface area (Å²) in [5.41, 5.74) is 0.835. The number of halogens is 1. The van der Waals surface area contributed by atoms with E-state index in [2.05, 4.69) is 35.8 Å². The maximum Gasteiger partial charge on any atom is 0.195 e. The van der Waals surface area contributed by atoms with Gasteiger partial charge in [-0.2, -0.15) is 10.2 Å². The number of rotatable bonds is 2. The molecule has 2 aromatic heterocycles. The molecule has 1 aliphatic rings. The fourth-order valence-corrected chi connectivity index (χ4v) is 2.59. The normalized spacial score (nSPS) is 15.6. The van der Waals surface area contributed by atoms with Crippen LogP contribution in [0.1, 0.15) is 18.9 Å². The minimum Gasteiger partial charge on any atom is -0.296 e. The van der Waals surface area contributed by atoms with E-state index in [1.165, 1.54) is 12.8 Å². The van der Waals surface area contributed by atoms with Gasteiger partial charge in [-0.25, -0.2) is 0 Å². The SMILES string of the molecule is Cn1cc(Br)c(-c2n[nH]c(=S)n2C2CC2)n1. The van der Waals surface area contributed by atoms with Crippen LogP contribution in [0, 0.1) is 4.77 Å². The van der Waals surface area contributed by atoms with E-state index in [-0.39, 0.29) is 0 Å². The van der Waals surface area contributed by atoms with Crippen molar-refractivity contribution in [1.29, 1.82) is 0 Å². The first-order valence-electron chi connectivity index (χ1n) is 5.03. The van der Waals surface area contributed by atoms with E-state index in [0.29, 0.717) is 10.8 Å². The molecule has 3 rings (SSSR count). The summed E-state index contributed by atoms with van der Waals surface area (Å²) in [6, 6.07) is 0.496. The summed E-state index contributed by atoms with van der Waals surface area (Å²) in [5.74, 6) is 0.819. The Hall–Kier alpha value is -0.950. The molecule has 16 heavy (non-hydrogen) atoms. The summed E-state index contributed by atoms with van der Waals surface area (Å²) in [5, 5.41) is 11.5. The Bertz CT molecular complexity index is 591. The molecule has 2 aromatic rings. The van der Waals surface area contributed by atoms with Gasteiger partial charge in [0.2, 0.25) is 0 Å². The Morgan fingerprint density at radius 2 is 2.31 bits per heavy atom. The molecule has 0 unspecified atom stereocenters. The standard InChI is InChI=1S/C9H10BrN5S/c1-14-4-6(10)7(13-14)8-11-12-9(16)15(8)5-2-3-5/h4-5H,2-3H2,1H3,(H,12,16). The van der Waals surface area contributed by atoms with Gasteiger partial charge in [0.25, 0.3) is 0 Å². The third kappa shape index (κ3) is 1.54. The zero-order valence-corrected chi connectivity index (χ0v) is 11.0. The second-order valence-corrected chi connectivity index (χ2v) is 5.19. The molecule has 5 nitrogen and oxygen atoms in total. The summed E-state index contributed by atoms with van der Waals surface area (Å²) in [6.45, 7) is 0. The molecule has 1 aliphatic carbocycles. The number of aromatic amines is 1. The first kappa shape index (κ1) is 10.2. The zero-order chi connectivity index (χ0) is 11.3. The van der Waals surface area contributed by atoms with Crippen molar-refractivity contribution in [3.05, 3.63) is 15.4 Å². The van der Waals surface area contributed by atoms with Gasteiger partial charge in [0, 0.05) is 19.3 Å². The van der Waals surface area contributed by atoms with Crippen LogP contribution in [0.3, 0.4) is 0 Å². The molecule has 0 aromatic carbocycles. The van der Waals surface area contributed by atoms with E-state index >= 15 is 0 Å². The van der Waals surface area contributed by atoms with Crippen LogP contribution in [-0.4, -0.2) is 24.5 Å². The largest absolute Gasteiger partial charge is 0.296 e. The highest BCUT2D eigenvalue weighted by molar-refractivity contribution is 9.10. The van der Waals surface area contributed by atoms with Crippen LogP contribution in [0.5, 0.6) is 0 Å². The van der Waals surface area contributed by atoms with Crippen molar-refractivity contribution >= 4 is 28.1 Å². The van der Waals surface area contributed by atoms with Gasteiger partial charge in [0.05, 0.1) is 4.47 Å². The topological polar surface area (TPSA) is 51.4 Å². The van der Waals surface area contributed by atoms with Gasteiger partial charge in [0.1, 0.15) is 5.69 Å². The number of aryl methyl sites for hydroxylation is 1. The van der Waals surface area contributed by atoms with Crippen molar-refractivity contribution in [1.82, 2.24) is 24.5 Å². The molecule has 0 atom stereocenters. The second-order valence-electron chi connectivity index (χ2n) is 3.95. The van der Waals surface area contributed by atoms with E-state index in [4.69, 9.17) is 12.2 Å². The van der Waals surface area contributed by atoms with Crippen molar-refractivity contribution in [3.63, 3.8) is 0 Å². The Labute approximate surface area is 106 Å². The second kappa shape index (κ2) is 3.53. The molecule has 7 heteroatoms. The minimum absolute atomic E-state index is 0.496. The minimum atomic E-state index is 0.496. The monoisotopic (exact) mass is 299 g/mol. The Balaban J connectivity index is 2.19. The first-order chi connectivity index (χ1) is 7.66. The summed E-state index contributed by atoms with van der Waals surface area (Å²) in [4.78, 5) is 0. The maximum atomic E-state index is 5.23. The molecule has 2 heterocycles. The van der Waals surface area contributed by atoms with Crippen LogP contribution in [-0.2, 0) is 7.05 Å². The van der Waals surface area contributed by atoms with Crippen molar-refractivity contribution < 1.29 is 0 Å². The summed E-state index contributed by atoms with van der Waals surface area (Å²) in [7, 11) is 1.89. The number of hydrogen-bond donors (Lipinski definition) is 1. The fraction of sp³-hybridized carbons (Fsp3) is 0.444. The predicted molar refractivity (Wildman–Crippen MR) is 65.6 cm³/mol. The summed E-state index contributed by atoms with van der Waals surface area (Å²) in [6.07, 6.45) is 4.25. The molecule has 84 valence electrons.